The summed E-state index contributed by atoms with van der Waals surface area (Å²) in [7, 11) is 0. The summed E-state index contributed by atoms with van der Waals surface area (Å²) in [6.07, 6.45) is 6.27. The van der Waals surface area contributed by atoms with Gasteiger partial charge in [0.1, 0.15) is 5.82 Å². The van der Waals surface area contributed by atoms with Crippen molar-refractivity contribution in [3.63, 3.8) is 0 Å². The van der Waals surface area contributed by atoms with Gasteiger partial charge in [-0.05, 0) is 42.2 Å². The lowest BCUT2D eigenvalue weighted by Crippen LogP contribution is -2.14. The van der Waals surface area contributed by atoms with Gasteiger partial charge in [0.25, 0.3) is 5.91 Å². The first-order chi connectivity index (χ1) is 16.0. The number of aromatic nitrogens is 3. The molecule has 1 aliphatic rings. The first-order valence-corrected chi connectivity index (χ1v) is 10.6. The Morgan fingerprint density at radius 1 is 1.21 bits per heavy atom. The summed E-state index contributed by atoms with van der Waals surface area (Å²) in [6, 6.07) is 14.2. The van der Waals surface area contributed by atoms with E-state index in [1.165, 1.54) is 29.2 Å². The Morgan fingerprint density at radius 3 is 2.70 bits per heavy atom. The number of amides is 1. The monoisotopic (exact) mass is 441 g/mol. The maximum absolute atomic E-state index is 14.2. The number of aliphatic hydroxyl groups is 1. The van der Waals surface area contributed by atoms with Crippen molar-refractivity contribution in [3.05, 3.63) is 78.0 Å². The van der Waals surface area contributed by atoms with Crippen molar-refractivity contribution in [2.24, 2.45) is 0 Å². The Morgan fingerprint density at radius 2 is 2.00 bits per heavy atom. The standard InChI is InChI=1S/C25H20FN5O2/c26-18-5-6-22-20(11-18)23(16-1-3-17(4-2-16)25(15-27)7-8-25)21(13-28-22)24(33)30-19-12-29-31(14-19)9-10-32/h1-6,11-14,32H,7-10H2,(H,30,33). The molecule has 1 amide bonds. The topological polar surface area (TPSA) is 104 Å². The third-order valence-corrected chi connectivity index (χ3v) is 5.99. The van der Waals surface area contributed by atoms with E-state index in [1.807, 2.05) is 24.3 Å². The van der Waals surface area contributed by atoms with E-state index in [0.717, 1.165) is 24.0 Å². The number of pyridine rings is 1. The Labute approximate surface area is 189 Å². The second-order valence-electron chi connectivity index (χ2n) is 8.15. The number of halogens is 1. The minimum Gasteiger partial charge on any atom is -0.394 e. The number of anilines is 1. The molecule has 0 atom stereocenters. The van der Waals surface area contributed by atoms with E-state index in [9.17, 15) is 14.4 Å². The highest BCUT2D eigenvalue weighted by atomic mass is 19.1. The van der Waals surface area contributed by atoms with Crippen LogP contribution in [0.4, 0.5) is 10.1 Å². The van der Waals surface area contributed by atoms with Crippen molar-refractivity contribution in [1.29, 1.82) is 5.26 Å². The van der Waals surface area contributed by atoms with Gasteiger partial charge in [-0.3, -0.25) is 14.5 Å². The average Bonchev–Trinajstić information content (AvgIpc) is 3.52. The van der Waals surface area contributed by atoms with Crippen LogP contribution in [0.1, 0.15) is 28.8 Å². The molecule has 2 N–H and O–H groups in total. The number of hydrogen-bond acceptors (Lipinski definition) is 5. The normalized spacial score (nSPS) is 14.1. The first kappa shape index (κ1) is 20.8. The molecule has 2 aromatic heterocycles. The van der Waals surface area contributed by atoms with Gasteiger partial charge >= 0.3 is 0 Å². The van der Waals surface area contributed by atoms with E-state index in [1.54, 1.807) is 12.3 Å². The molecule has 2 heterocycles. The van der Waals surface area contributed by atoms with Crippen molar-refractivity contribution in [2.75, 3.05) is 11.9 Å². The Balaban J connectivity index is 1.58. The molecule has 0 unspecified atom stereocenters. The summed E-state index contributed by atoms with van der Waals surface area (Å²) in [5.74, 6) is -0.835. The van der Waals surface area contributed by atoms with Gasteiger partial charge in [0, 0.05) is 23.3 Å². The van der Waals surface area contributed by atoms with E-state index < -0.39 is 17.1 Å². The third kappa shape index (κ3) is 3.83. The molecule has 0 radical (unpaired) electrons. The van der Waals surface area contributed by atoms with Crippen molar-refractivity contribution < 1.29 is 14.3 Å². The van der Waals surface area contributed by atoms with Gasteiger partial charge in [0.05, 0.1) is 47.6 Å². The molecule has 7 nitrogen and oxygen atoms in total. The first-order valence-electron chi connectivity index (χ1n) is 10.6. The lowest BCUT2D eigenvalue weighted by Gasteiger charge is -2.14. The average molecular weight is 441 g/mol. The number of nitriles is 1. The molecule has 1 fully saturated rings. The number of nitrogens with one attached hydrogen (secondary N) is 1. The predicted molar refractivity (Wildman–Crippen MR) is 121 cm³/mol. The summed E-state index contributed by atoms with van der Waals surface area (Å²) < 4.78 is 15.7. The van der Waals surface area contributed by atoms with E-state index in [-0.39, 0.29) is 12.2 Å². The van der Waals surface area contributed by atoms with Crippen molar-refractivity contribution in [2.45, 2.75) is 24.8 Å². The highest BCUT2D eigenvalue weighted by Gasteiger charge is 2.44. The molecule has 1 aliphatic carbocycles. The fourth-order valence-electron chi connectivity index (χ4n) is 4.05. The summed E-state index contributed by atoms with van der Waals surface area (Å²) in [5.41, 5.74) is 3.15. The summed E-state index contributed by atoms with van der Waals surface area (Å²) in [6.45, 7) is 0.247. The molecule has 0 bridgehead atoms. The number of nitrogens with zero attached hydrogens (tertiary/aromatic N) is 4. The molecule has 0 saturated heterocycles. The van der Waals surface area contributed by atoms with Crippen molar-refractivity contribution >= 4 is 22.5 Å². The van der Waals surface area contributed by atoms with Crippen molar-refractivity contribution in [3.8, 4) is 17.2 Å². The Kier molecular flexibility index (Phi) is 5.11. The molecule has 1 saturated carbocycles. The van der Waals surface area contributed by atoms with E-state index in [2.05, 4.69) is 21.5 Å². The maximum atomic E-state index is 14.2. The highest BCUT2D eigenvalue weighted by Crippen LogP contribution is 2.48. The van der Waals surface area contributed by atoms with Crippen molar-refractivity contribution in [1.82, 2.24) is 14.8 Å². The van der Waals surface area contributed by atoms with Crippen LogP contribution in [0.2, 0.25) is 0 Å². The fraction of sp³-hybridized carbons (Fsp3) is 0.200. The maximum Gasteiger partial charge on any atom is 0.257 e. The van der Waals surface area contributed by atoms with Gasteiger partial charge < -0.3 is 10.4 Å². The largest absolute Gasteiger partial charge is 0.394 e. The van der Waals surface area contributed by atoms with E-state index in [0.29, 0.717) is 28.7 Å². The number of aliphatic hydroxyl groups excluding tert-OH is 1. The smallest absolute Gasteiger partial charge is 0.257 e. The van der Waals surface area contributed by atoms with Gasteiger partial charge in [-0.15, -0.1) is 0 Å². The predicted octanol–water partition coefficient (Wildman–Crippen LogP) is 4.04. The SMILES string of the molecule is N#CC1(c2ccc(-c3c(C(=O)Nc4cnn(CCO)c4)cnc4ccc(F)cc34)cc2)CC1. The van der Waals surface area contributed by atoms with Crippen LogP contribution in [-0.4, -0.2) is 32.4 Å². The lowest BCUT2D eigenvalue weighted by atomic mass is 9.92. The van der Waals surface area contributed by atoms with Gasteiger partial charge in [0.15, 0.2) is 0 Å². The van der Waals surface area contributed by atoms with Crippen LogP contribution >= 0.6 is 0 Å². The second kappa shape index (κ2) is 8.11. The quantitative estimate of drug-likeness (QED) is 0.470. The molecule has 4 aromatic rings. The molecule has 0 spiro atoms. The van der Waals surface area contributed by atoms with E-state index in [4.69, 9.17) is 5.11 Å². The minimum atomic E-state index is -0.425. The molecule has 33 heavy (non-hydrogen) atoms. The van der Waals surface area contributed by atoms with E-state index >= 15 is 0 Å². The summed E-state index contributed by atoms with van der Waals surface area (Å²) >= 11 is 0. The highest BCUT2D eigenvalue weighted by molar-refractivity contribution is 6.13. The zero-order chi connectivity index (χ0) is 23.0. The zero-order valence-corrected chi connectivity index (χ0v) is 17.6. The second-order valence-corrected chi connectivity index (χ2v) is 8.15. The van der Waals surface area contributed by atoms with Crippen LogP contribution in [0.25, 0.3) is 22.0 Å². The van der Waals surface area contributed by atoms with Crippen LogP contribution in [0.3, 0.4) is 0 Å². The zero-order valence-electron chi connectivity index (χ0n) is 17.6. The molecule has 0 aliphatic heterocycles. The van der Waals surface area contributed by atoms with Crippen LogP contribution in [-0.2, 0) is 12.0 Å². The number of fused-ring (bicyclic) bond motifs is 1. The Hall–Kier alpha value is -4.09. The summed E-state index contributed by atoms with van der Waals surface area (Å²) in [4.78, 5) is 17.6. The number of rotatable bonds is 6. The molecule has 5 rings (SSSR count). The molecular formula is C25H20FN5O2. The number of hydrogen-bond donors (Lipinski definition) is 2. The van der Waals surface area contributed by atoms with Crippen LogP contribution < -0.4 is 5.32 Å². The van der Waals surface area contributed by atoms with Gasteiger partial charge in [-0.2, -0.15) is 10.4 Å². The minimum absolute atomic E-state index is 0.0670. The molecule has 2 aromatic carbocycles. The molecule has 164 valence electrons. The van der Waals surface area contributed by atoms with Gasteiger partial charge in [-0.25, -0.2) is 4.39 Å². The third-order valence-electron chi connectivity index (χ3n) is 5.99. The number of carbonyl (C=O) groups excluding carboxylic acids is 1. The number of benzene rings is 2. The Bertz CT molecular complexity index is 1400. The number of carbonyl (C=O) groups is 1. The van der Waals surface area contributed by atoms with Gasteiger partial charge in [0.2, 0.25) is 0 Å². The fourth-order valence-corrected chi connectivity index (χ4v) is 4.05. The van der Waals surface area contributed by atoms with Crippen LogP contribution in [0.5, 0.6) is 0 Å². The molecular weight excluding hydrogens is 421 g/mol. The van der Waals surface area contributed by atoms with Gasteiger partial charge in [-0.1, -0.05) is 24.3 Å². The van der Waals surface area contributed by atoms with Crippen LogP contribution in [0.15, 0.2) is 61.1 Å². The molecule has 8 heteroatoms. The summed E-state index contributed by atoms with van der Waals surface area (Å²) in [5, 5.41) is 26.0. The van der Waals surface area contributed by atoms with Crippen LogP contribution in [0, 0.1) is 17.1 Å². The lowest BCUT2D eigenvalue weighted by molar-refractivity contribution is 0.102.